The molecule has 0 aromatic heterocycles. The molecule has 0 saturated carbocycles. The van der Waals surface area contributed by atoms with Crippen LogP contribution in [0.4, 0.5) is 5.69 Å². The maximum Gasteiger partial charge on any atom is 0.256 e. The highest BCUT2D eigenvalue weighted by Crippen LogP contribution is 2.26. The summed E-state index contributed by atoms with van der Waals surface area (Å²) in [6, 6.07) is 5.97. The molecule has 2 aliphatic rings. The van der Waals surface area contributed by atoms with E-state index < -0.39 is 0 Å². The molecule has 0 aliphatic carbocycles. The van der Waals surface area contributed by atoms with Gasteiger partial charge in [-0.15, -0.1) is 0 Å². The van der Waals surface area contributed by atoms with Crippen LogP contribution in [0.25, 0.3) is 0 Å². The molecule has 5 heteroatoms. The van der Waals surface area contributed by atoms with Crippen molar-refractivity contribution < 1.29 is 4.79 Å². The molecule has 1 amide bonds. The summed E-state index contributed by atoms with van der Waals surface area (Å²) in [6.45, 7) is 4.06. The van der Waals surface area contributed by atoms with E-state index in [-0.39, 0.29) is 5.91 Å². The van der Waals surface area contributed by atoms with Gasteiger partial charge in [-0.3, -0.25) is 9.69 Å². The number of benzene rings is 1. The van der Waals surface area contributed by atoms with Gasteiger partial charge in [0, 0.05) is 36.9 Å². The molecule has 1 N–H and O–H groups in total. The van der Waals surface area contributed by atoms with Gasteiger partial charge >= 0.3 is 0 Å². The zero-order valence-electron chi connectivity index (χ0n) is 12.4. The highest BCUT2D eigenvalue weighted by atomic mass is 35.5. The van der Waals surface area contributed by atoms with Crippen LogP contribution < -0.4 is 5.32 Å². The number of carbonyl (C=O) groups is 1. The Morgan fingerprint density at radius 2 is 2.05 bits per heavy atom. The fourth-order valence-corrected chi connectivity index (χ4v) is 3.58. The van der Waals surface area contributed by atoms with Crippen molar-refractivity contribution in [1.82, 2.24) is 9.80 Å². The predicted octanol–water partition coefficient (Wildman–Crippen LogP) is 2.69. The lowest BCUT2D eigenvalue weighted by Crippen LogP contribution is -2.37. The monoisotopic (exact) mass is 307 g/mol. The van der Waals surface area contributed by atoms with Crippen molar-refractivity contribution in [3.8, 4) is 0 Å². The third-order valence-electron chi connectivity index (χ3n) is 4.59. The Labute approximate surface area is 131 Å². The molecular formula is C16H22ClN3O. The lowest BCUT2D eigenvalue weighted by molar-refractivity contribution is 0.0781. The molecule has 3 rings (SSSR count). The smallest absolute Gasteiger partial charge is 0.256 e. The van der Waals surface area contributed by atoms with E-state index >= 15 is 0 Å². The van der Waals surface area contributed by atoms with E-state index in [2.05, 4.69) is 10.2 Å². The van der Waals surface area contributed by atoms with Crippen LogP contribution in [0.2, 0.25) is 5.02 Å². The molecule has 2 aliphatic heterocycles. The van der Waals surface area contributed by atoms with E-state index in [0.29, 0.717) is 16.6 Å². The van der Waals surface area contributed by atoms with Crippen LogP contribution in [0.15, 0.2) is 18.2 Å². The number of nitrogens with one attached hydrogen (secondary N) is 1. The normalized spacial score (nSPS) is 22.8. The van der Waals surface area contributed by atoms with Crippen LogP contribution in [-0.4, -0.2) is 55.0 Å². The molecule has 0 radical (unpaired) electrons. The van der Waals surface area contributed by atoms with Gasteiger partial charge in [0.05, 0.1) is 5.56 Å². The lowest BCUT2D eigenvalue weighted by Gasteiger charge is -2.24. The zero-order valence-corrected chi connectivity index (χ0v) is 13.2. The SMILES string of the molecule is CNc1ccc(Cl)cc1C(=O)N1CCC(N2CCCC2)C1. The lowest BCUT2D eigenvalue weighted by atomic mass is 10.1. The molecule has 1 aromatic rings. The van der Waals surface area contributed by atoms with Gasteiger partial charge < -0.3 is 10.2 Å². The molecule has 1 unspecified atom stereocenters. The van der Waals surface area contributed by atoms with Gasteiger partial charge in [0.2, 0.25) is 0 Å². The molecule has 21 heavy (non-hydrogen) atoms. The van der Waals surface area contributed by atoms with Crippen molar-refractivity contribution in [3.63, 3.8) is 0 Å². The number of nitrogens with zero attached hydrogens (tertiary/aromatic N) is 2. The van der Waals surface area contributed by atoms with Crippen LogP contribution in [-0.2, 0) is 0 Å². The van der Waals surface area contributed by atoms with Gasteiger partial charge in [0.1, 0.15) is 0 Å². The van der Waals surface area contributed by atoms with Gasteiger partial charge in [-0.05, 0) is 50.6 Å². The molecule has 0 spiro atoms. The quantitative estimate of drug-likeness (QED) is 0.932. The van der Waals surface area contributed by atoms with Gasteiger partial charge in [0.25, 0.3) is 5.91 Å². The van der Waals surface area contributed by atoms with Crippen molar-refractivity contribution in [1.29, 1.82) is 0 Å². The molecule has 2 fully saturated rings. The van der Waals surface area contributed by atoms with Gasteiger partial charge in [-0.25, -0.2) is 0 Å². The molecule has 114 valence electrons. The summed E-state index contributed by atoms with van der Waals surface area (Å²) in [6.07, 6.45) is 3.67. The van der Waals surface area contributed by atoms with E-state index in [9.17, 15) is 4.79 Å². The summed E-state index contributed by atoms with van der Waals surface area (Å²) < 4.78 is 0. The summed E-state index contributed by atoms with van der Waals surface area (Å²) in [5.41, 5.74) is 1.51. The molecule has 2 saturated heterocycles. The van der Waals surface area contributed by atoms with Gasteiger partial charge in [0.15, 0.2) is 0 Å². The topological polar surface area (TPSA) is 35.6 Å². The summed E-state index contributed by atoms with van der Waals surface area (Å²) in [7, 11) is 1.83. The van der Waals surface area contributed by atoms with Crippen LogP contribution in [0.5, 0.6) is 0 Å². The van der Waals surface area contributed by atoms with Crippen LogP contribution in [0.1, 0.15) is 29.6 Å². The summed E-state index contributed by atoms with van der Waals surface area (Å²) >= 11 is 6.05. The van der Waals surface area contributed by atoms with Gasteiger partial charge in [-0.1, -0.05) is 11.6 Å². The minimum Gasteiger partial charge on any atom is -0.387 e. The minimum atomic E-state index is 0.0866. The molecule has 4 nitrogen and oxygen atoms in total. The highest BCUT2D eigenvalue weighted by molar-refractivity contribution is 6.31. The maximum absolute atomic E-state index is 12.7. The first kappa shape index (κ1) is 14.7. The number of hydrogen-bond donors (Lipinski definition) is 1. The summed E-state index contributed by atoms with van der Waals surface area (Å²) in [4.78, 5) is 17.2. The Kier molecular flexibility index (Phi) is 4.36. The number of halogens is 1. The average Bonchev–Trinajstić information content (AvgIpc) is 3.17. The Bertz CT molecular complexity index is 528. The van der Waals surface area contributed by atoms with Crippen molar-refractivity contribution in [2.75, 3.05) is 38.5 Å². The Morgan fingerprint density at radius 3 is 2.76 bits per heavy atom. The van der Waals surface area contributed by atoms with Crippen molar-refractivity contribution in [2.45, 2.75) is 25.3 Å². The molecule has 1 aromatic carbocycles. The first-order chi connectivity index (χ1) is 10.2. The van der Waals surface area contributed by atoms with Crippen LogP contribution in [0, 0.1) is 0 Å². The standard InChI is InChI=1S/C16H22ClN3O/c1-18-15-5-4-12(17)10-14(15)16(21)20-9-6-13(11-20)19-7-2-3-8-19/h4-5,10,13,18H,2-3,6-9,11H2,1H3. The average molecular weight is 308 g/mol. The zero-order chi connectivity index (χ0) is 14.8. The number of carbonyl (C=O) groups excluding carboxylic acids is 1. The van der Waals surface area contributed by atoms with E-state index in [1.165, 1.54) is 25.9 Å². The van der Waals surface area contributed by atoms with Crippen molar-refractivity contribution >= 4 is 23.2 Å². The maximum atomic E-state index is 12.7. The molecular weight excluding hydrogens is 286 g/mol. The predicted molar refractivity (Wildman–Crippen MR) is 86.1 cm³/mol. The number of anilines is 1. The highest BCUT2D eigenvalue weighted by Gasteiger charge is 2.32. The summed E-state index contributed by atoms with van der Waals surface area (Å²) in [5, 5.41) is 3.68. The largest absolute Gasteiger partial charge is 0.387 e. The summed E-state index contributed by atoms with van der Waals surface area (Å²) in [5.74, 6) is 0.0866. The number of likely N-dealkylation sites (tertiary alicyclic amines) is 2. The van der Waals surface area contributed by atoms with E-state index in [1.807, 2.05) is 18.0 Å². The number of amides is 1. The second-order valence-corrected chi connectivity index (χ2v) is 6.31. The fraction of sp³-hybridized carbons (Fsp3) is 0.562. The van der Waals surface area contributed by atoms with Crippen LogP contribution in [0.3, 0.4) is 0 Å². The third-order valence-corrected chi connectivity index (χ3v) is 4.82. The molecule has 0 bridgehead atoms. The van der Waals surface area contributed by atoms with E-state index in [1.54, 1.807) is 12.1 Å². The van der Waals surface area contributed by atoms with E-state index in [0.717, 1.165) is 25.2 Å². The van der Waals surface area contributed by atoms with Crippen molar-refractivity contribution in [3.05, 3.63) is 28.8 Å². The second-order valence-electron chi connectivity index (χ2n) is 5.88. The fourth-order valence-electron chi connectivity index (χ4n) is 3.41. The van der Waals surface area contributed by atoms with Gasteiger partial charge in [-0.2, -0.15) is 0 Å². The van der Waals surface area contributed by atoms with E-state index in [4.69, 9.17) is 11.6 Å². The molecule has 2 heterocycles. The first-order valence-electron chi connectivity index (χ1n) is 7.69. The Balaban J connectivity index is 1.72. The number of rotatable bonds is 3. The minimum absolute atomic E-state index is 0.0866. The Hall–Kier alpha value is -1.26. The number of hydrogen-bond acceptors (Lipinski definition) is 3. The first-order valence-corrected chi connectivity index (χ1v) is 8.07. The van der Waals surface area contributed by atoms with Crippen LogP contribution >= 0.6 is 11.6 Å². The molecule has 1 atom stereocenters. The Morgan fingerprint density at radius 1 is 1.29 bits per heavy atom. The second kappa shape index (κ2) is 6.24. The van der Waals surface area contributed by atoms with Crippen molar-refractivity contribution in [2.24, 2.45) is 0 Å². The third kappa shape index (κ3) is 3.01.